The minimum atomic E-state index is -0.177. The lowest BCUT2D eigenvalue weighted by atomic mass is 9.82. The normalized spacial score (nSPS) is 19.6. The molecule has 1 aliphatic heterocycles. The monoisotopic (exact) mass is 335 g/mol. The molecule has 0 unspecified atom stereocenters. The third-order valence-electron chi connectivity index (χ3n) is 4.42. The van der Waals surface area contributed by atoms with Crippen LogP contribution in [0.4, 0.5) is 0 Å². The zero-order valence-electron chi connectivity index (χ0n) is 13.3. The molecule has 2 heterocycles. The molecule has 0 spiro atoms. The number of hydrogen-bond acceptors (Lipinski definition) is 4. The molecular weight excluding hydrogens is 318 g/mol. The summed E-state index contributed by atoms with van der Waals surface area (Å²) < 4.78 is 5.55. The first kappa shape index (κ1) is 15.1. The first-order valence-electron chi connectivity index (χ1n) is 8.10. The number of esters is 1. The number of hydrogen-bond donors (Lipinski definition) is 0. The van der Waals surface area contributed by atoms with Gasteiger partial charge in [-0.05, 0) is 12.0 Å². The fraction of sp³-hybridized carbons (Fsp3) is 0.200. The number of benzene rings is 2. The largest absolute Gasteiger partial charge is 0.406 e. The quantitative estimate of drug-likeness (QED) is 0.640. The summed E-state index contributed by atoms with van der Waals surface area (Å²) in [5.41, 5.74) is 2.19. The van der Waals surface area contributed by atoms with Crippen molar-refractivity contribution in [2.45, 2.75) is 19.3 Å². The second-order valence-corrected chi connectivity index (χ2v) is 6.91. The summed E-state index contributed by atoms with van der Waals surface area (Å²) in [4.78, 5) is 18.1. The fourth-order valence-corrected chi connectivity index (χ4v) is 4.42. The molecule has 0 bridgehead atoms. The van der Waals surface area contributed by atoms with E-state index in [-0.39, 0.29) is 17.8 Å². The van der Waals surface area contributed by atoms with Crippen molar-refractivity contribution in [2.75, 3.05) is 0 Å². The summed E-state index contributed by atoms with van der Waals surface area (Å²) in [6.45, 7) is 2.03. The molecule has 2 aromatic carbocycles. The van der Waals surface area contributed by atoms with E-state index in [1.165, 1.54) is 0 Å². The van der Waals surface area contributed by atoms with Crippen LogP contribution in [-0.4, -0.2) is 11.0 Å². The van der Waals surface area contributed by atoms with Gasteiger partial charge in [-0.15, -0.1) is 11.3 Å². The van der Waals surface area contributed by atoms with Crippen molar-refractivity contribution in [3.63, 3.8) is 0 Å². The zero-order chi connectivity index (χ0) is 16.5. The molecule has 0 N–H and O–H groups in total. The smallest absolute Gasteiger partial charge is 0.316 e. The lowest BCUT2D eigenvalue weighted by molar-refractivity contribution is -0.141. The maximum absolute atomic E-state index is 12.5. The first-order valence-corrected chi connectivity index (χ1v) is 8.92. The van der Waals surface area contributed by atoms with E-state index in [1.807, 2.05) is 55.5 Å². The number of carbonyl (C=O) groups excluding carboxylic acids is 1. The number of thiazole rings is 1. The van der Waals surface area contributed by atoms with Gasteiger partial charge in [-0.25, -0.2) is 4.98 Å². The molecule has 0 amide bonds. The van der Waals surface area contributed by atoms with Crippen LogP contribution in [0.3, 0.4) is 0 Å². The van der Waals surface area contributed by atoms with Gasteiger partial charge >= 0.3 is 5.97 Å². The van der Waals surface area contributed by atoms with Gasteiger partial charge in [-0.2, -0.15) is 0 Å². The van der Waals surface area contributed by atoms with Gasteiger partial charge in [-0.1, -0.05) is 67.6 Å². The Bertz CT molecular complexity index is 858. The van der Waals surface area contributed by atoms with Crippen molar-refractivity contribution in [3.8, 4) is 16.5 Å². The molecule has 3 aromatic rings. The number of ether oxygens (including phenoxy) is 1. The maximum Gasteiger partial charge on any atom is 0.316 e. The molecule has 120 valence electrons. The van der Waals surface area contributed by atoms with Crippen molar-refractivity contribution >= 4 is 17.3 Å². The Morgan fingerprint density at radius 1 is 1.04 bits per heavy atom. The molecule has 3 nitrogen and oxygen atoms in total. The van der Waals surface area contributed by atoms with Crippen LogP contribution < -0.4 is 4.74 Å². The number of aromatic nitrogens is 1. The summed E-state index contributed by atoms with van der Waals surface area (Å²) in [5.74, 6) is 0.151. The number of fused-ring (bicyclic) bond motifs is 1. The molecule has 4 rings (SSSR count). The van der Waals surface area contributed by atoms with Crippen LogP contribution in [0.25, 0.3) is 10.6 Å². The van der Waals surface area contributed by atoms with E-state index in [2.05, 4.69) is 17.1 Å². The van der Waals surface area contributed by atoms with Gasteiger partial charge < -0.3 is 4.74 Å². The van der Waals surface area contributed by atoms with Crippen LogP contribution in [0.2, 0.25) is 0 Å². The van der Waals surface area contributed by atoms with Gasteiger partial charge in [0.15, 0.2) is 0 Å². The average Bonchev–Trinajstić information content (AvgIpc) is 3.05. The predicted octanol–water partition coefficient (Wildman–Crippen LogP) is 4.89. The molecule has 4 heteroatoms. The highest BCUT2D eigenvalue weighted by molar-refractivity contribution is 7.15. The Hall–Kier alpha value is -2.46. The number of carbonyl (C=O) groups is 1. The molecule has 1 aliphatic rings. The summed E-state index contributed by atoms with van der Waals surface area (Å²) in [5, 5.41) is 0.895. The summed E-state index contributed by atoms with van der Waals surface area (Å²) in [7, 11) is 0. The molecule has 2 atom stereocenters. The molecule has 0 fully saturated rings. The summed E-state index contributed by atoms with van der Waals surface area (Å²) in [6.07, 6.45) is 0.746. The predicted molar refractivity (Wildman–Crippen MR) is 95.3 cm³/mol. The fourth-order valence-electron chi connectivity index (χ4n) is 3.23. The van der Waals surface area contributed by atoms with Crippen molar-refractivity contribution in [2.24, 2.45) is 5.92 Å². The van der Waals surface area contributed by atoms with E-state index in [0.717, 1.165) is 27.4 Å². The van der Waals surface area contributed by atoms with E-state index < -0.39 is 0 Å². The third-order valence-corrected chi connectivity index (χ3v) is 5.59. The highest BCUT2D eigenvalue weighted by Gasteiger charge is 2.40. The summed E-state index contributed by atoms with van der Waals surface area (Å²) in [6, 6.07) is 20.2. The molecule has 0 saturated heterocycles. The van der Waals surface area contributed by atoms with E-state index in [9.17, 15) is 4.79 Å². The third kappa shape index (κ3) is 2.53. The number of rotatable bonds is 3. The molecule has 0 radical (unpaired) electrons. The van der Waals surface area contributed by atoms with Gasteiger partial charge in [0.25, 0.3) is 0 Å². The minimum absolute atomic E-state index is 0.0161. The topological polar surface area (TPSA) is 39.2 Å². The van der Waals surface area contributed by atoms with Crippen molar-refractivity contribution in [1.82, 2.24) is 4.98 Å². The Morgan fingerprint density at radius 2 is 1.71 bits per heavy atom. The van der Waals surface area contributed by atoms with Gasteiger partial charge in [0.2, 0.25) is 5.88 Å². The molecule has 0 saturated carbocycles. The zero-order valence-corrected chi connectivity index (χ0v) is 14.1. The Kier molecular flexibility index (Phi) is 3.90. The number of nitrogens with zero attached hydrogens (tertiary/aromatic N) is 1. The van der Waals surface area contributed by atoms with Gasteiger partial charge in [-0.3, -0.25) is 4.79 Å². The summed E-state index contributed by atoms with van der Waals surface area (Å²) >= 11 is 1.62. The SMILES string of the molecule is CC[C@H]1C(=O)Oc2nc(-c3ccccc3)sc2[C@H]1c1ccccc1. The molecular formula is C20H17NO2S. The Labute approximate surface area is 144 Å². The van der Waals surface area contributed by atoms with E-state index in [4.69, 9.17) is 4.74 Å². The van der Waals surface area contributed by atoms with Crippen LogP contribution in [0.1, 0.15) is 29.7 Å². The standard InChI is InChI=1S/C20H17NO2S/c1-2-15-16(13-9-5-3-6-10-13)17-18(23-20(15)22)21-19(24-17)14-11-7-4-8-12-14/h3-12,15-16H,2H2,1H3/t15-,16+/m1/s1. The Balaban J connectivity index is 1.85. The lowest BCUT2D eigenvalue weighted by Gasteiger charge is -2.28. The van der Waals surface area contributed by atoms with E-state index in [1.54, 1.807) is 11.3 Å². The van der Waals surface area contributed by atoms with Crippen LogP contribution in [0.5, 0.6) is 5.88 Å². The molecule has 0 aliphatic carbocycles. The van der Waals surface area contributed by atoms with Crippen LogP contribution in [0.15, 0.2) is 60.7 Å². The van der Waals surface area contributed by atoms with E-state index >= 15 is 0 Å². The highest BCUT2D eigenvalue weighted by Crippen LogP contribution is 2.47. The highest BCUT2D eigenvalue weighted by atomic mass is 32.1. The lowest BCUT2D eigenvalue weighted by Crippen LogP contribution is -2.31. The van der Waals surface area contributed by atoms with Crippen molar-refractivity contribution in [3.05, 3.63) is 71.1 Å². The van der Waals surface area contributed by atoms with Gasteiger partial charge in [0.1, 0.15) is 5.01 Å². The van der Waals surface area contributed by atoms with Crippen LogP contribution in [-0.2, 0) is 4.79 Å². The van der Waals surface area contributed by atoms with E-state index in [0.29, 0.717) is 5.88 Å². The van der Waals surface area contributed by atoms with Crippen LogP contribution in [0, 0.1) is 5.92 Å². The van der Waals surface area contributed by atoms with Crippen molar-refractivity contribution in [1.29, 1.82) is 0 Å². The van der Waals surface area contributed by atoms with Crippen LogP contribution >= 0.6 is 11.3 Å². The molecule has 1 aromatic heterocycles. The van der Waals surface area contributed by atoms with Gasteiger partial charge in [0, 0.05) is 11.5 Å². The maximum atomic E-state index is 12.5. The Morgan fingerprint density at radius 3 is 2.38 bits per heavy atom. The molecule has 24 heavy (non-hydrogen) atoms. The van der Waals surface area contributed by atoms with Gasteiger partial charge in [0.05, 0.1) is 10.8 Å². The average molecular weight is 335 g/mol. The second kappa shape index (κ2) is 6.21. The van der Waals surface area contributed by atoms with Crippen molar-refractivity contribution < 1.29 is 9.53 Å². The first-order chi connectivity index (χ1) is 11.8. The second-order valence-electron chi connectivity index (χ2n) is 5.88. The minimum Gasteiger partial charge on any atom is -0.406 e.